The third kappa shape index (κ3) is 2.30. The number of carbonyl (C=O) groups is 1. The molecular formula is C8H9N3O2. The molecule has 1 aromatic rings. The summed E-state index contributed by atoms with van der Waals surface area (Å²) in [7, 11) is 0. The molecule has 68 valence electrons. The van der Waals surface area contributed by atoms with Crippen molar-refractivity contribution in [2.75, 3.05) is 0 Å². The first-order chi connectivity index (χ1) is 6.13. The van der Waals surface area contributed by atoms with Crippen LogP contribution in [0.5, 0.6) is 0 Å². The van der Waals surface area contributed by atoms with Gasteiger partial charge in [0.2, 0.25) is 0 Å². The van der Waals surface area contributed by atoms with E-state index in [2.05, 4.69) is 5.10 Å². The fourth-order valence-corrected chi connectivity index (χ4v) is 0.880. The van der Waals surface area contributed by atoms with Gasteiger partial charge in [-0.05, 0) is 0 Å². The summed E-state index contributed by atoms with van der Waals surface area (Å²) in [6, 6.07) is 1.92. The van der Waals surface area contributed by atoms with Gasteiger partial charge >= 0.3 is 5.97 Å². The van der Waals surface area contributed by atoms with Gasteiger partial charge in [-0.3, -0.25) is 9.48 Å². The summed E-state index contributed by atoms with van der Waals surface area (Å²) in [6.07, 6.45) is 2.94. The Kier molecular flexibility index (Phi) is 2.65. The molecule has 0 bridgehead atoms. The van der Waals surface area contributed by atoms with Crippen molar-refractivity contribution < 1.29 is 9.90 Å². The molecule has 1 atom stereocenters. The van der Waals surface area contributed by atoms with E-state index in [0.29, 0.717) is 5.56 Å². The number of aliphatic carboxylic acids is 1. The van der Waals surface area contributed by atoms with Crippen molar-refractivity contribution in [3.8, 4) is 6.07 Å². The first-order valence-electron chi connectivity index (χ1n) is 3.79. The van der Waals surface area contributed by atoms with Crippen molar-refractivity contribution in [1.82, 2.24) is 9.78 Å². The van der Waals surface area contributed by atoms with E-state index in [1.807, 2.05) is 6.07 Å². The second-order valence-electron chi connectivity index (χ2n) is 2.80. The summed E-state index contributed by atoms with van der Waals surface area (Å²) in [5, 5.41) is 20.9. The van der Waals surface area contributed by atoms with Crippen LogP contribution in [0.3, 0.4) is 0 Å². The predicted octanol–water partition coefficient (Wildman–Crippen LogP) is 0.475. The molecule has 0 spiro atoms. The number of rotatable bonds is 3. The molecule has 1 unspecified atom stereocenters. The van der Waals surface area contributed by atoms with Gasteiger partial charge in [-0.2, -0.15) is 10.4 Å². The fourth-order valence-electron chi connectivity index (χ4n) is 0.880. The van der Waals surface area contributed by atoms with Crippen LogP contribution in [0.2, 0.25) is 0 Å². The predicted molar refractivity (Wildman–Crippen MR) is 43.7 cm³/mol. The molecule has 5 heteroatoms. The van der Waals surface area contributed by atoms with Gasteiger partial charge in [0.15, 0.2) is 0 Å². The van der Waals surface area contributed by atoms with Gasteiger partial charge in [0.25, 0.3) is 0 Å². The number of nitriles is 1. The van der Waals surface area contributed by atoms with Crippen molar-refractivity contribution in [1.29, 1.82) is 5.26 Å². The van der Waals surface area contributed by atoms with Crippen molar-refractivity contribution in [2.45, 2.75) is 13.5 Å². The lowest BCUT2D eigenvalue weighted by atomic mass is 10.2. The van der Waals surface area contributed by atoms with Gasteiger partial charge in [-0.1, -0.05) is 6.92 Å². The van der Waals surface area contributed by atoms with Gasteiger partial charge in [0.1, 0.15) is 6.07 Å². The molecule has 0 fully saturated rings. The van der Waals surface area contributed by atoms with Gasteiger partial charge in [-0.15, -0.1) is 0 Å². The van der Waals surface area contributed by atoms with Crippen LogP contribution in [0.25, 0.3) is 0 Å². The molecule has 0 aliphatic carbocycles. The van der Waals surface area contributed by atoms with E-state index in [-0.39, 0.29) is 6.54 Å². The normalized spacial score (nSPS) is 12.0. The molecule has 1 heterocycles. The van der Waals surface area contributed by atoms with Crippen LogP contribution < -0.4 is 0 Å². The zero-order valence-electron chi connectivity index (χ0n) is 7.14. The average molecular weight is 179 g/mol. The standard InChI is InChI=1S/C8H9N3O2/c1-6(8(12)13)4-11-5-7(2-9)3-10-11/h3,5-6H,4H2,1H3,(H,12,13). The van der Waals surface area contributed by atoms with Gasteiger partial charge < -0.3 is 5.11 Å². The van der Waals surface area contributed by atoms with E-state index in [9.17, 15) is 4.79 Å². The van der Waals surface area contributed by atoms with E-state index in [4.69, 9.17) is 10.4 Å². The first kappa shape index (κ1) is 9.26. The molecular weight excluding hydrogens is 170 g/mol. The topological polar surface area (TPSA) is 78.9 Å². The number of hydrogen-bond acceptors (Lipinski definition) is 3. The maximum atomic E-state index is 10.5. The van der Waals surface area contributed by atoms with Crippen molar-refractivity contribution >= 4 is 5.97 Å². The Balaban J connectivity index is 2.65. The summed E-state index contributed by atoms with van der Waals surface area (Å²) in [6.45, 7) is 1.88. The molecule has 0 radical (unpaired) electrons. The minimum Gasteiger partial charge on any atom is -0.481 e. The van der Waals surface area contributed by atoms with Gasteiger partial charge in [0.05, 0.1) is 24.2 Å². The van der Waals surface area contributed by atoms with Crippen LogP contribution in [0.1, 0.15) is 12.5 Å². The Morgan fingerprint density at radius 1 is 1.92 bits per heavy atom. The largest absolute Gasteiger partial charge is 0.481 e. The van der Waals surface area contributed by atoms with Crippen molar-refractivity contribution in [3.05, 3.63) is 18.0 Å². The Morgan fingerprint density at radius 2 is 2.62 bits per heavy atom. The van der Waals surface area contributed by atoms with Crippen LogP contribution in [0.4, 0.5) is 0 Å². The summed E-state index contributed by atoms with van der Waals surface area (Å²) in [5.41, 5.74) is 0.442. The van der Waals surface area contributed by atoms with Crippen molar-refractivity contribution in [3.63, 3.8) is 0 Å². The Bertz CT molecular complexity index is 351. The van der Waals surface area contributed by atoms with E-state index in [1.54, 1.807) is 6.92 Å². The molecule has 1 rings (SSSR count). The second kappa shape index (κ2) is 3.72. The summed E-state index contributed by atoms with van der Waals surface area (Å²) in [4.78, 5) is 10.5. The molecule has 13 heavy (non-hydrogen) atoms. The molecule has 0 aliphatic rings. The van der Waals surface area contributed by atoms with Gasteiger partial charge in [-0.25, -0.2) is 0 Å². The highest BCUT2D eigenvalue weighted by Crippen LogP contribution is 2.01. The Labute approximate surface area is 75.2 Å². The summed E-state index contributed by atoms with van der Waals surface area (Å²) < 4.78 is 1.46. The average Bonchev–Trinajstić information content (AvgIpc) is 2.52. The lowest BCUT2D eigenvalue weighted by molar-refractivity contribution is -0.141. The highest BCUT2D eigenvalue weighted by molar-refractivity contribution is 5.69. The molecule has 0 aromatic carbocycles. The number of hydrogen-bond donors (Lipinski definition) is 1. The lowest BCUT2D eigenvalue weighted by Gasteiger charge is -2.04. The first-order valence-corrected chi connectivity index (χ1v) is 3.79. The van der Waals surface area contributed by atoms with Crippen LogP contribution in [0.15, 0.2) is 12.4 Å². The maximum Gasteiger partial charge on any atom is 0.308 e. The quantitative estimate of drug-likeness (QED) is 0.731. The highest BCUT2D eigenvalue weighted by atomic mass is 16.4. The minimum atomic E-state index is -0.867. The molecule has 0 aliphatic heterocycles. The van der Waals surface area contributed by atoms with Crippen molar-refractivity contribution in [2.24, 2.45) is 5.92 Å². The molecule has 5 nitrogen and oxygen atoms in total. The van der Waals surface area contributed by atoms with Gasteiger partial charge in [0, 0.05) is 6.20 Å². The molecule has 1 aromatic heterocycles. The molecule has 0 amide bonds. The van der Waals surface area contributed by atoms with Crippen LogP contribution in [0, 0.1) is 17.2 Å². The SMILES string of the molecule is CC(Cn1cc(C#N)cn1)C(=O)O. The molecule has 0 saturated heterocycles. The molecule has 1 N–H and O–H groups in total. The summed E-state index contributed by atoms with van der Waals surface area (Å²) >= 11 is 0. The molecule has 0 saturated carbocycles. The zero-order valence-corrected chi connectivity index (χ0v) is 7.14. The minimum absolute atomic E-state index is 0.289. The van der Waals surface area contributed by atoms with Crippen LogP contribution in [-0.4, -0.2) is 20.9 Å². The number of nitrogens with zero attached hydrogens (tertiary/aromatic N) is 3. The Morgan fingerprint density at radius 3 is 3.08 bits per heavy atom. The van der Waals surface area contributed by atoms with E-state index < -0.39 is 11.9 Å². The zero-order chi connectivity index (χ0) is 9.84. The highest BCUT2D eigenvalue weighted by Gasteiger charge is 2.11. The Hall–Kier alpha value is -1.83. The second-order valence-corrected chi connectivity index (χ2v) is 2.80. The number of carboxylic acid groups (broad SMARTS) is 1. The smallest absolute Gasteiger partial charge is 0.308 e. The van der Waals surface area contributed by atoms with E-state index >= 15 is 0 Å². The van der Waals surface area contributed by atoms with Crippen LogP contribution in [-0.2, 0) is 11.3 Å². The third-order valence-corrected chi connectivity index (χ3v) is 1.64. The van der Waals surface area contributed by atoms with E-state index in [0.717, 1.165) is 0 Å². The lowest BCUT2D eigenvalue weighted by Crippen LogP contribution is -2.16. The number of carboxylic acids is 1. The van der Waals surface area contributed by atoms with Crippen LogP contribution >= 0.6 is 0 Å². The van der Waals surface area contributed by atoms with E-state index in [1.165, 1.54) is 17.1 Å². The monoisotopic (exact) mass is 179 g/mol. The fraction of sp³-hybridized carbons (Fsp3) is 0.375. The maximum absolute atomic E-state index is 10.5. The number of aromatic nitrogens is 2. The summed E-state index contributed by atoms with van der Waals surface area (Å²) in [5.74, 6) is -1.36. The third-order valence-electron chi connectivity index (χ3n) is 1.64.